The van der Waals surface area contributed by atoms with Crippen LogP contribution in [0.3, 0.4) is 0 Å². The van der Waals surface area contributed by atoms with Crippen LogP contribution < -0.4 is 10.6 Å². The summed E-state index contributed by atoms with van der Waals surface area (Å²) in [6.07, 6.45) is 1.27. The lowest BCUT2D eigenvalue weighted by Crippen LogP contribution is -2.23. The Hall–Kier alpha value is -2.35. The molecule has 1 amide bonds. The van der Waals surface area contributed by atoms with Crippen LogP contribution in [0, 0.1) is 11.3 Å². The maximum atomic E-state index is 11.8. The van der Waals surface area contributed by atoms with Gasteiger partial charge in [0, 0.05) is 23.7 Å². The molecule has 0 aliphatic carbocycles. The maximum absolute atomic E-state index is 11.8. The average Bonchev–Trinajstić information content (AvgIpc) is 2.55. The zero-order valence-corrected chi connectivity index (χ0v) is 13.4. The standard InChI is InChI=1S/C18H18ClN3O/c19-16-3-1-2-14(12-16)8-10-21-11-9-18(23)22-17-6-4-15(13-20)5-7-17/h1-7,12,21H,8-11H2,(H,22,23). The van der Waals surface area contributed by atoms with Crippen LogP contribution in [-0.4, -0.2) is 19.0 Å². The topological polar surface area (TPSA) is 64.9 Å². The number of carbonyl (C=O) groups excluding carboxylic acids is 1. The van der Waals surface area contributed by atoms with Crippen LogP contribution in [0.1, 0.15) is 17.5 Å². The van der Waals surface area contributed by atoms with Gasteiger partial charge in [-0.1, -0.05) is 23.7 Å². The van der Waals surface area contributed by atoms with Crippen molar-refractivity contribution in [2.45, 2.75) is 12.8 Å². The highest BCUT2D eigenvalue weighted by Gasteiger charge is 2.02. The van der Waals surface area contributed by atoms with Crippen LogP contribution >= 0.6 is 11.6 Å². The van der Waals surface area contributed by atoms with E-state index in [4.69, 9.17) is 16.9 Å². The maximum Gasteiger partial charge on any atom is 0.225 e. The van der Waals surface area contributed by atoms with Gasteiger partial charge in [-0.15, -0.1) is 0 Å². The third-order valence-corrected chi connectivity index (χ3v) is 3.54. The Morgan fingerprint density at radius 1 is 1.13 bits per heavy atom. The molecule has 0 aliphatic rings. The first kappa shape index (κ1) is 17.0. The van der Waals surface area contributed by atoms with E-state index < -0.39 is 0 Å². The van der Waals surface area contributed by atoms with Gasteiger partial charge in [-0.25, -0.2) is 0 Å². The molecule has 0 saturated carbocycles. The molecule has 0 spiro atoms. The molecule has 2 rings (SSSR count). The molecule has 0 radical (unpaired) electrons. The van der Waals surface area contributed by atoms with Crippen molar-refractivity contribution in [3.05, 3.63) is 64.7 Å². The van der Waals surface area contributed by atoms with E-state index in [1.165, 1.54) is 5.56 Å². The highest BCUT2D eigenvalue weighted by Crippen LogP contribution is 2.11. The molecule has 0 fully saturated rings. The lowest BCUT2D eigenvalue weighted by Gasteiger charge is -2.07. The summed E-state index contributed by atoms with van der Waals surface area (Å²) >= 11 is 5.93. The quantitative estimate of drug-likeness (QED) is 0.766. The molecular weight excluding hydrogens is 310 g/mol. The van der Waals surface area contributed by atoms with Gasteiger partial charge in [0.1, 0.15) is 0 Å². The number of hydrogen-bond acceptors (Lipinski definition) is 3. The molecule has 2 N–H and O–H groups in total. The Balaban J connectivity index is 1.64. The summed E-state index contributed by atoms with van der Waals surface area (Å²) in [4.78, 5) is 11.8. The fourth-order valence-corrected chi connectivity index (χ4v) is 2.32. The summed E-state index contributed by atoms with van der Waals surface area (Å²) in [6, 6.07) is 16.6. The fraction of sp³-hybridized carbons (Fsp3) is 0.222. The van der Waals surface area contributed by atoms with E-state index in [-0.39, 0.29) is 5.91 Å². The molecular formula is C18H18ClN3O. The summed E-state index contributed by atoms with van der Waals surface area (Å²) in [7, 11) is 0. The minimum atomic E-state index is -0.0510. The molecule has 0 aliphatic heterocycles. The van der Waals surface area contributed by atoms with Gasteiger partial charge in [0.05, 0.1) is 11.6 Å². The van der Waals surface area contributed by atoms with Crippen LogP contribution in [0.4, 0.5) is 5.69 Å². The summed E-state index contributed by atoms with van der Waals surface area (Å²) < 4.78 is 0. The summed E-state index contributed by atoms with van der Waals surface area (Å²) in [5.74, 6) is -0.0510. The lowest BCUT2D eigenvalue weighted by molar-refractivity contribution is -0.116. The first-order valence-electron chi connectivity index (χ1n) is 7.42. The van der Waals surface area contributed by atoms with E-state index in [1.807, 2.05) is 30.3 Å². The number of rotatable bonds is 7. The Bertz CT molecular complexity index is 692. The molecule has 0 unspecified atom stereocenters. The number of halogens is 1. The third kappa shape index (κ3) is 6.11. The van der Waals surface area contributed by atoms with E-state index in [1.54, 1.807) is 24.3 Å². The van der Waals surface area contributed by atoms with E-state index in [2.05, 4.69) is 10.6 Å². The van der Waals surface area contributed by atoms with Gasteiger partial charge in [-0.3, -0.25) is 4.79 Å². The van der Waals surface area contributed by atoms with Crippen LogP contribution in [0.2, 0.25) is 5.02 Å². The average molecular weight is 328 g/mol. The number of nitriles is 1. The van der Waals surface area contributed by atoms with E-state index in [9.17, 15) is 4.79 Å². The van der Waals surface area contributed by atoms with Gasteiger partial charge < -0.3 is 10.6 Å². The van der Waals surface area contributed by atoms with Gasteiger partial charge in [0.15, 0.2) is 0 Å². The number of amides is 1. The van der Waals surface area contributed by atoms with Crippen LogP contribution in [0.5, 0.6) is 0 Å². The lowest BCUT2D eigenvalue weighted by atomic mass is 10.1. The second-order valence-electron chi connectivity index (χ2n) is 5.12. The van der Waals surface area contributed by atoms with Crippen molar-refractivity contribution in [2.75, 3.05) is 18.4 Å². The predicted molar refractivity (Wildman–Crippen MR) is 92.4 cm³/mol. The largest absolute Gasteiger partial charge is 0.326 e. The summed E-state index contributed by atoms with van der Waals surface area (Å²) in [6.45, 7) is 1.41. The Morgan fingerprint density at radius 2 is 1.91 bits per heavy atom. The highest BCUT2D eigenvalue weighted by atomic mass is 35.5. The smallest absolute Gasteiger partial charge is 0.225 e. The molecule has 4 nitrogen and oxygen atoms in total. The molecule has 2 aromatic carbocycles. The van der Waals surface area contributed by atoms with E-state index in [0.717, 1.165) is 18.0 Å². The van der Waals surface area contributed by atoms with Crippen LogP contribution in [0.25, 0.3) is 0 Å². The van der Waals surface area contributed by atoms with Gasteiger partial charge in [0.25, 0.3) is 0 Å². The number of benzene rings is 2. The first-order chi connectivity index (χ1) is 11.2. The highest BCUT2D eigenvalue weighted by molar-refractivity contribution is 6.30. The monoisotopic (exact) mass is 327 g/mol. The Labute approximate surface area is 141 Å². The molecule has 0 aromatic heterocycles. The van der Waals surface area contributed by atoms with Crippen molar-refractivity contribution in [3.63, 3.8) is 0 Å². The second kappa shape index (κ2) is 8.94. The minimum absolute atomic E-state index is 0.0510. The Kier molecular flexibility index (Phi) is 6.61. The molecule has 2 aromatic rings. The molecule has 5 heteroatoms. The predicted octanol–water partition coefficient (Wildman–Crippen LogP) is 3.37. The molecule has 0 heterocycles. The Morgan fingerprint density at radius 3 is 2.61 bits per heavy atom. The minimum Gasteiger partial charge on any atom is -0.326 e. The normalized spacial score (nSPS) is 10.1. The number of nitrogens with one attached hydrogen (secondary N) is 2. The molecule has 0 saturated heterocycles. The van der Waals surface area contributed by atoms with Crippen LogP contribution in [0.15, 0.2) is 48.5 Å². The van der Waals surface area contributed by atoms with Crippen molar-refractivity contribution in [2.24, 2.45) is 0 Å². The zero-order chi connectivity index (χ0) is 16.5. The third-order valence-electron chi connectivity index (χ3n) is 3.31. The van der Waals surface area contributed by atoms with Gasteiger partial charge in [0.2, 0.25) is 5.91 Å². The number of hydrogen-bond donors (Lipinski definition) is 2. The van der Waals surface area contributed by atoms with Gasteiger partial charge in [-0.05, 0) is 54.9 Å². The number of anilines is 1. The molecule has 118 valence electrons. The van der Waals surface area contributed by atoms with Crippen molar-refractivity contribution < 1.29 is 4.79 Å². The zero-order valence-electron chi connectivity index (χ0n) is 12.7. The van der Waals surface area contributed by atoms with Crippen molar-refractivity contribution in [3.8, 4) is 6.07 Å². The van der Waals surface area contributed by atoms with Crippen molar-refractivity contribution in [1.29, 1.82) is 5.26 Å². The number of carbonyl (C=O) groups is 1. The van der Waals surface area contributed by atoms with Crippen LogP contribution in [-0.2, 0) is 11.2 Å². The second-order valence-corrected chi connectivity index (χ2v) is 5.55. The molecule has 0 atom stereocenters. The van der Waals surface area contributed by atoms with Crippen molar-refractivity contribution in [1.82, 2.24) is 5.32 Å². The summed E-state index contributed by atoms with van der Waals surface area (Å²) in [5, 5.41) is 15.5. The fourth-order valence-electron chi connectivity index (χ4n) is 2.10. The van der Waals surface area contributed by atoms with Crippen molar-refractivity contribution >= 4 is 23.2 Å². The van der Waals surface area contributed by atoms with Gasteiger partial charge in [-0.2, -0.15) is 5.26 Å². The van der Waals surface area contributed by atoms with E-state index >= 15 is 0 Å². The molecule has 23 heavy (non-hydrogen) atoms. The van der Waals surface area contributed by atoms with Gasteiger partial charge >= 0.3 is 0 Å². The first-order valence-corrected chi connectivity index (χ1v) is 7.80. The van der Waals surface area contributed by atoms with E-state index in [0.29, 0.717) is 24.2 Å². The summed E-state index contributed by atoms with van der Waals surface area (Å²) in [5.41, 5.74) is 2.45. The SMILES string of the molecule is N#Cc1ccc(NC(=O)CCNCCc2cccc(Cl)c2)cc1. The molecule has 0 bridgehead atoms. The number of nitrogens with zero attached hydrogens (tertiary/aromatic N) is 1.